The van der Waals surface area contributed by atoms with E-state index in [0.29, 0.717) is 5.92 Å². The van der Waals surface area contributed by atoms with Crippen LogP contribution in [0.25, 0.3) is 0 Å². The lowest BCUT2D eigenvalue weighted by Gasteiger charge is -2.18. The lowest BCUT2D eigenvalue weighted by atomic mass is 10.2. The van der Waals surface area contributed by atoms with Gasteiger partial charge in [-0.1, -0.05) is 19.9 Å². The monoisotopic (exact) mass is 250 g/mol. The van der Waals surface area contributed by atoms with Gasteiger partial charge in [-0.2, -0.15) is 0 Å². The fraction of sp³-hybridized carbons (Fsp3) is 0.600. The van der Waals surface area contributed by atoms with Gasteiger partial charge in [0.1, 0.15) is 11.9 Å². The third kappa shape index (κ3) is 5.41. The zero-order valence-corrected chi connectivity index (χ0v) is 12.2. The third-order valence-electron chi connectivity index (χ3n) is 2.66. The molecule has 0 bridgehead atoms. The van der Waals surface area contributed by atoms with Gasteiger partial charge in [-0.15, -0.1) is 0 Å². The van der Waals surface area contributed by atoms with E-state index in [-0.39, 0.29) is 6.10 Å². The number of anilines is 1. The highest BCUT2D eigenvalue weighted by molar-refractivity contribution is 5.49. The first-order valence-electron chi connectivity index (χ1n) is 6.63. The molecule has 3 heteroatoms. The van der Waals surface area contributed by atoms with Crippen molar-refractivity contribution >= 4 is 5.69 Å². The molecule has 1 aromatic carbocycles. The first-order chi connectivity index (χ1) is 8.49. The van der Waals surface area contributed by atoms with Crippen molar-refractivity contribution in [1.82, 2.24) is 5.32 Å². The Bertz CT molecular complexity index is 350. The van der Waals surface area contributed by atoms with Gasteiger partial charge < -0.3 is 15.0 Å². The van der Waals surface area contributed by atoms with Crippen LogP contribution < -0.4 is 15.0 Å². The van der Waals surface area contributed by atoms with Crippen molar-refractivity contribution in [3.8, 4) is 5.75 Å². The highest BCUT2D eigenvalue weighted by Crippen LogP contribution is 2.20. The summed E-state index contributed by atoms with van der Waals surface area (Å²) >= 11 is 0. The van der Waals surface area contributed by atoms with Gasteiger partial charge in [-0.25, -0.2) is 0 Å². The molecule has 18 heavy (non-hydrogen) atoms. The molecule has 0 heterocycles. The Morgan fingerprint density at radius 1 is 1.17 bits per heavy atom. The van der Waals surface area contributed by atoms with Gasteiger partial charge in [0.05, 0.1) is 0 Å². The molecule has 1 unspecified atom stereocenters. The van der Waals surface area contributed by atoms with E-state index >= 15 is 0 Å². The Hall–Kier alpha value is -1.22. The lowest BCUT2D eigenvalue weighted by Crippen LogP contribution is -2.31. The number of nitrogens with zero attached hydrogens (tertiary/aromatic N) is 1. The largest absolute Gasteiger partial charge is 0.489 e. The molecule has 0 aromatic heterocycles. The Labute approximate surface area is 111 Å². The van der Waals surface area contributed by atoms with Crippen LogP contribution in [0.2, 0.25) is 0 Å². The number of ether oxygens (including phenoxy) is 1. The normalized spacial score (nSPS) is 12.6. The summed E-state index contributed by atoms with van der Waals surface area (Å²) in [6.45, 7) is 8.42. The predicted molar refractivity (Wildman–Crippen MR) is 78.6 cm³/mol. The van der Waals surface area contributed by atoms with Crippen LogP contribution in [-0.4, -0.2) is 33.3 Å². The highest BCUT2D eigenvalue weighted by Gasteiger charge is 2.05. The number of hydrogen-bond donors (Lipinski definition) is 1. The number of rotatable bonds is 7. The Morgan fingerprint density at radius 2 is 1.89 bits per heavy atom. The van der Waals surface area contributed by atoms with E-state index < -0.39 is 0 Å². The maximum Gasteiger partial charge on any atom is 0.121 e. The molecule has 0 aliphatic carbocycles. The van der Waals surface area contributed by atoms with Crippen molar-refractivity contribution in [3.05, 3.63) is 24.3 Å². The summed E-state index contributed by atoms with van der Waals surface area (Å²) < 4.78 is 5.90. The first-order valence-corrected chi connectivity index (χ1v) is 6.63. The summed E-state index contributed by atoms with van der Waals surface area (Å²) in [5.74, 6) is 1.61. The minimum absolute atomic E-state index is 0.182. The van der Waals surface area contributed by atoms with E-state index in [1.54, 1.807) is 0 Å². The van der Waals surface area contributed by atoms with Crippen molar-refractivity contribution in [2.45, 2.75) is 26.9 Å². The van der Waals surface area contributed by atoms with Gasteiger partial charge in [-0.3, -0.25) is 0 Å². The molecule has 1 N–H and O–H groups in total. The van der Waals surface area contributed by atoms with E-state index in [9.17, 15) is 0 Å². The summed E-state index contributed by atoms with van der Waals surface area (Å²) in [7, 11) is 4.07. The van der Waals surface area contributed by atoms with Crippen LogP contribution >= 0.6 is 0 Å². The summed E-state index contributed by atoms with van der Waals surface area (Å²) in [6, 6.07) is 8.18. The van der Waals surface area contributed by atoms with E-state index in [0.717, 1.165) is 24.5 Å². The van der Waals surface area contributed by atoms with Gasteiger partial charge >= 0.3 is 0 Å². The molecule has 0 saturated heterocycles. The average Bonchev–Trinajstić information content (AvgIpc) is 2.28. The quantitative estimate of drug-likeness (QED) is 0.805. The zero-order valence-electron chi connectivity index (χ0n) is 12.2. The summed E-state index contributed by atoms with van der Waals surface area (Å²) in [5, 5.41) is 3.41. The third-order valence-corrected chi connectivity index (χ3v) is 2.66. The number of benzene rings is 1. The molecule has 0 amide bonds. The van der Waals surface area contributed by atoms with Crippen LogP contribution in [0.15, 0.2) is 24.3 Å². The van der Waals surface area contributed by atoms with Crippen molar-refractivity contribution in [1.29, 1.82) is 0 Å². The van der Waals surface area contributed by atoms with Crippen LogP contribution in [0.4, 0.5) is 5.69 Å². The molecule has 1 aromatic rings. The van der Waals surface area contributed by atoms with Gasteiger partial charge in [0, 0.05) is 32.4 Å². The standard InChI is InChI=1S/C15H26N2O/c1-12(2)10-16-11-13(3)18-15-8-6-7-14(9-15)17(4)5/h6-9,12-13,16H,10-11H2,1-5H3. The van der Waals surface area contributed by atoms with Crippen molar-refractivity contribution in [3.63, 3.8) is 0 Å². The van der Waals surface area contributed by atoms with Gasteiger partial charge in [0.25, 0.3) is 0 Å². The molecule has 0 aliphatic rings. The molecular weight excluding hydrogens is 224 g/mol. The molecule has 0 saturated carbocycles. The molecule has 0 radical (unpaired) electrons. The van der Waals surface area contributed by atoms with Gasteiger partial charge in [-0.05, 0) is 31.5 Å². The Balaban J connectivity index is 2.43. The summed E-state index contributed by atoms with van der Waals surface area (Å²) in [4.78, 5) is 2.08. The molecule has 1 rings (SSSR count). The van der Waals surface area contributed by atoms with E-state index in [1.165, 1.54) is 0 Å². The SMILES string of the molecule is CC(C)CNCC(C)Oc1cccc(N(C)C)c1. The average molecular weight is 250 g/mol. The topological polar surface area (TPSA) is 24.5 Å². The second kappa shape index (κ2) is 7.27. The fourth-order valence-electron chi connectivity index (χ4n) is 1.68. The van der Waals surface area contributed by atoms with Crippen LogP contribution in [0, 0.1) is 5.92 Å². The maximum absolute atomic E-state index is 5.90. The maximum atomic E-state index is 5.90. The van der Waals surface area contributed by atoms with E-state index in [1.807, 2.05) is 26.2 Å². The molecule has 1 atom stereocenters. The molecule has 3 nitrogen and oxygen atoms in total. The second-order valence-electron chi connectivity index (χ2n) is 5.37. The summed E-state index contributed by atoms with van der Waals surface area (Å²) in [6.07, 6.45) is 0.182. The second-order valence-corrected chi connectivity index (χ2v) is 5.37. The smallest absolute Gasteiger partial charge is 0.121 e. The van der Waals surface area contributed by atoms with Crippen LogP contribution in [0.3, 0.4) is 0 Å². The van der Waals surface area contributed by atoms with Crippen molar-refractivity contribution < 1.29 is 4.74 Å². The van der Waals surface area contributed by atoms with Gasteiger partial charge in [0.15, 0.2) is 0 Å². The van der Waals surface area contributed by atoms with Crippen LogP contribution in [0.1, 0.15) is 20.8 Å². The molecule has 0 fully saturated rings. The Kier molecular flexibility index (Phi) is 5.99. The molecule has 0 spiro atoms. The van der Waals surface area contributed by atoms with E-state index in [2.05, 4.69) is 43.1 Å². The number of hydrogen-bond acceptors (Lipinski definition) is 3. The van der Waals surface area contributed by atoms with Crippen molar-refractivity contribution in [2.75, 3.05) is 32.1 Å². The minimum atomic E-state index is 0.182. The van der Waals surface area contributed by atoms with Crippen molar-refractivity contribution in [2.24, 2.45) is 5.92 Å². The predicted octanol–water partition coefficient (Wildman–Crippen LogP) is 2.77. The summed E-state index contributed by atoms with van der Waals surface area (Å²) in [5.41, 5.74) is 1.16. The fourth-order valence-corrected chi connectivity index (χ4v) is 1.68. The Morgan fingerprint density at radius 3 is 2.50 bits per heavy atom. The van der Waals surface area contributed by atoms with Crippen LogP contribution in [0.5, 0.6) is 5.75 Å². The molecule has 102 valence electrons. The molecular formula is C15H26N2O. The highest BCUT2D eigenvalue weighted by atomic mass is 16.5. The first kappa shape index (κ1) is 14.8. The number of nitrogens with one attached hydrogen (secondary N) is 1. The van der Waals surface area contributed by atoms with Gasteiger partial charge in [0.2, 0.25) is 0 Å². The lowest BCUT2D eigenvalue weighted by molar-refractivity contribution is 0.215. The van der Waals surface area contributed by atoms with E-state index in [4.69, 9.17) is 4.74 Å². The minimum Gasteiger partial charge on any atom is -0.489 e. The van der Waals surface area contributed by atoms with Crippen LogP contribution in [-0.2, 0) is 0 Å². The molecule has 0 aliphatic heterocycles. The zero-order chi connectivity index (χ0) is 13.5.